The number of carbonyl (C=O) groups is 2. The number of aryl methyl sites for hydroxylation is 1. The van der Waals surface area contributed by atoms with Crippen molar-refractivity contribution in [1.29, 1.82) is 0 Å². The van der Waals surface area contributed by atoms with E-state index in [0.717, 1.165) is 42.4 Å². The predicted molar refractivity (Wildman–Crippen MR) is 110 cm³/mol. The molecule has 3 rings (SSSR count). The maximum Gasteiger partial charge on any atom is 0.341 e. The summed E-state index contributed by atoms with van der Waals surface area (Å²) in [4.78, 5) is 26.5. The van der Waals surface area contributed by atoms with Crippen molar-refractivity contribution in [3.05, 3.63) is 45.8 Å². The van der Waals surface area contributed by atoms with E-state index in [1.165, 1.54) is 23.5 Å². The van der Waals surface area contributed by atoms with Gasteiger partial charge in [-0.1, -0.05) is 12.1 Å². The number of esters is 1. The van der Waals surface area contributed by atoms with Crippen molar-refractivity contribution >= 4 is 43.9 Å². The van der Waals surface area contributed by atoms with Crippen molar-refractivity contribution in [3.63, 3.8) is 0 Å². The highest BCUT2D eigenvalue weighted by Crippen LogP contribution is 2.39. The normalized spacial score (nSPS) is 13.5. The molecule has 0 saturated heterocycles. The highest BCUT2D eigenvalue weighted by Gasteiger charge is 2.28. The number of anilines is 2. The van der Waals surface area contributed by atoms with Crippen LogP contribution in [0.25, 0.3) is 0 Å². The Balaban J connectivity index is 1.95. The minimum Gasteiger partial charge on any atom is -0.462 e. The van der Waals surface area contributed by atoms with E-state index in [-0.39, 0.29) is 17.9 Å². The fourth-order valence-corrected chi connectivity index (χ4v) is 5.06. The van der Waals surface area contributed by atoms with E-state index in [0.29, 0.717) is 10.6 Å². The molecule has 0 fully saturated rings. The molecule has 1 aromatic carbocycles. The molecular weight excluding hydrogens is 400 g/mol. The lowest BCUT2D eigenvalue weighted by Gasteiger charge is -2.13. The van der Waals surface area contributed by atoms with Gasteiger partial charge in [-0.15, -0.1) is 11.3 Å². The number of thiophene rings is 1. The fraction of sp³-hybridized carbons (Fsp3) is 0.368. The first-order valence-electron chi connectivity index (χ1n) is 9.00. The zero-order valence-electron chi connectivity index (χ0n) is 15.7. The van der Waals surface area contributed by atoms with E-state index in [4.69, 9.17) is 4.74 Å². The van der Waals surface area contributed by atoms with Gasteiger partial charge in [0.25, 0.3) is 5.91 Å². The first-order chi connectivity index (χ1) is 13.3. The molecule has 150 valence electrons. The molecule has 0 unspecified atom stereocenters. The molecule has 0 atom stereocenters. The molecule has 1 aliphatic carbocycles. The van der Waals surface area contributed by atoms with Crippen LogP contribution in [0.2, 0.25) is 0 Å². The third kappa shape index (κ3) is 4.53. The molecule has 28 heavy (non-hydrogen) atoms. The van der Waals surface area contributed by atoms with Gasteiger partial charge >= 0.3 is 5.97 Å². The van der Waals surface area contributed by atoms with Crippen molar-refractivity contribution in [3.8, 4) is 0 Å². The van der Waals surface area contributed by atoms with E-state index in [2.05, 4.69) is 10.0 Å². The molecule has 2 aromatic rings. The molecule has 1 aromatic heterocycles. The first kappa shape index (κ1) is 20.3. The molecule has 1 amide bonds. The fourth-order valence-electron chi connectivity index (χ4n) is 3.21. The predicted octanol–water partition coefficient (Wildman–Crippen LogP) is 3.43. The molecule has 0 aliphatic heterocycles. The van der Waals surface area contributed by atoms with E-state index in [1.807, 2.05) is 0 Å². The van der Waals surface area contributed by atoms with Crippen LogP contribution in [0.5, 0.6) is 0 Å². The number of hydrogen-bond acceptors (Lipinski definition) is 6. The molecule has 1 heterocycles. The minimum absolute atomic E-state index is 0.175. The molecule has 1 aliphatic rings. The van der Waals surface area contributed by atoms with Gasteiger partial charge in [-0.05, 0) is 50.3 Å². The lowest BCUT2D eigenvalue weighted by atomic mass is 9.95. The highest BCUT2D eigenvalue weighted by atomic mass is 32.2. The molecule has 9 heteroatoms. The summed E-state index contributed by atoms with van der Waals surface area (Å²) in [6.07, 6.45) is 4.71. The Morgan fingerprint density at radius 1 is 1.18 bits per heavy atom. The van der Waals surface area contributed by atoms with Gasteiger partial charge in [-0.25, -0.2) is 13.2 Å². The Labute approximate surface area is 168 Å². The number of hydrogen-bond donors (Lipinski definition) is 2. The van der Waals surface area contributed by atoms with Crippen LogP contribution in [0.4, 0.5) is 10.7 Å². The van der Waals surface area contributed by atoms with Gasteiger partial charge in [0, 0.05) is 4.88 Å². The van der Waals surface area contributed by atoms with E-state index in [9.17, 15) is 18.0 Å². The molecule has 7 nitrogen and oxygen atoms in total. The number of amides is 1. The Bertz CT molecular complexity index is 1010. The molecule has 0 saturated carbocycles. The number of fused-ring (bicyclic) bond motifs is 1. The highest BCUT2D eigenvalue weighted by molar-refractivity contribution is 7.92. The van der Waals surface area contributed by atoms with Crippen molar-refractivity contribution < 1.29 is 22.7 Å². The average Bonchev–Trinajstić information content (AvgIpc) is 2.98. The monoisotopic (exact) mass is 422 g/mol. The van der Waals surface area contributed by atoms with Crippen LogP contribution in [-0.2, 0) is 27.6 Å². The van der Waals surface area contributed by atoms with Gasteiger partial charge in [0.15, 0.2) is 0 Å². The van der Waals surface area contributed by atoms with Crippen molar-refractivity contribution in [2.24, 2.45) is 0 Å². The van der Waals surface area contributed by atoms with Crippen LogP contribution >= 0.6 is 11.3 Å². The van der Waals surface area contributed by atoms with Crippen molar-refractivity contribution in [1.82, 2.24) is 0 Å². The van der Waals surface area contributed by atoms with Crippen LogP contribution in [0.3, 0.4) is 0 Å². The van der Waals surface area contributed by atoms with Gasteiger partial charge in [0.2, 0.25) is 10.0 Å². The zero-order valence-corrected chi connectivity index (χ0v) is 17.3. The second-order valence-corrected chi connectivity index (χ2v) is 9.36. The van der Waals surface area contributed by atoms with Gasteiger partial charge in [-0.2, -0.15) is 0 Å². The average molecular weight is 423 g/mol. The van der Waals surface area contributed by atoms with Gasteiger partial charge < -0.3 is 10.1 Å². The number of para-hydroxylation sites is 1. The molecular formula is C19H22N2O5S2. The third-order valence-electron chi connectivity index (χ3n) is 4.34. The van der Waals surface area contributed by atoms with Gasteiger partial charge in [0.05, 0.1) is 29.7 Å². The largest absolute Gasteiger partial charge is 0.462 e. The minimum atomic E-state index is -3.54. The van der Waals surface area contributed by atoms with Crippen molar-refractivity contribution in [2.45, 2.75) is 32.6 Å². The number of nitrogens with one attached hydrogen (secondary N) is 2. The van der Waals surface area contributed by atoms with Crippen LogP contribution < -0.4 is 10.0 Å². The number of benzene rings is 1. The number of sulfonamides is 1. The number of carbonyl (C=O) groups excluding carboxylic acids is 2. The van der Waals surface area contributed by atoms with E-state index < -0.39 is 21.9 Å². The molecule has 0 radical (unpaired) electrons. The van der Waals surface area contributed by atoms with Crippen molar-refractivity contribution in [2.75, 3.05) is 22.9 Å². The summed E-state index contributed by atoms with van der Waals surface area (Å²) < 4.78 is 30.7. The Morgan fingerprint density at radius 2 is 1.89 bits per heavy atom. The summed E-state index contributed by atoms with van der Waals surface area (Å²) in [5, 5.41) is 3.24. The van der Waals surface area contributed by atoms with Crippen LogP contribution in [-0.4, -0.2) is 33.2 Å². The third-order valence-corrected chi connectivity index (χ3v) is 6.14. The van der Waals surface area contributed by atoms with E-state index in [1.54, 1.807) is 19.1 Å². The maximum atomic E-state index is 12.9. The summed E-state index contributed by atoms with van der Waals surface area (Å²) in [5.41, 5.74) is 1.73. The quantitative estimate of drug-likeness (QED) is 0.695. The Hall–Kier alpha value is -2.39. The SMILES string of the molecule is CCOC(=O)c1c(NC(=O)c2ccccc2NS(C)(=O)=O)sc2c1CCCC2. The zero-order chi connectivity index (χ0) is 20.3. The second-order valence-electron chi connectivity index (χ2n) is 6.51. The summed E-state index contributed by atoms with van der Waals surface area (Å²) in [7, 11) is -3.54. The smallest absolute Gasteiger partial charge is 0.341 e. The lowest BCUT2D eigenvalue weighted by molar-refractivity contribution is 0.0526. The van der Waals surface area contributed by atoms with Crippen LogP contribution in [0.1, 0.15) is 50.9 Å². The summed E-state index contributed by atoms with van der Waals surface area (Å²) >= 11 is 1.39. The van der Waals surface area contributed by atoms with Crippen LogP contribution in [0, 0.1) is 0 Å². The van der Waals surface area contributed by atoms with E-state index >= 15 is 0 Å². The van der Waals surface area contributed by atoms with Crippen LogP contribution in [0.15, 0.2) is 24.3 Å². The topological polar surface area (TPSA) is 102 Å². The lowest BCUT2D eigenvalue weighted by Crippen LogP contribution is -2.18. The standard InChI is InChI=1S/C19H22N2O5S2/c1-3-26-19(23)16-13-9-5-7-11-15(13)27-18(16)20-17(22)12-8-4-6-10-14(12)21-28(2,24)25/h4,6,8,10,21H,3,5,7,9,11H2,1-2H3,(H,20,22). The number of ether oxygens (including phenoxy) is 1. The Morgan fingerprint density at radius 3 is 2.61 bits per heavy atom. The first-order valence-corrected chi connectivity index (χ1v) is 11.7. The summed E-state index contributed by atoms with van der Waals surface area (Å²) in [5.74, 6) is -0.935. The van der Waals surface area contributed by atoms with Gasteiger partial charge in [-0.3, -0.25) is 9.52 Å². The van der Waals surface area contributed by atoms with Gasteiger partial charge in [0.1, 0.15) is 5.00 Å². The molecule has 0 bridgehead atoms. The molecule has 2 N–H and O–H groups in total. The molecule has 0 spiro atoms. The number of rotatable bonds is 6. The summed E-state index contributed by atoms with van der Waals surface area (Å²) in [6.45, 7) is 1.99. The maximum absolute atomic E-state index is 12.9. The second kappa shape index (κ2) is 8.32. The summed E-state index contributed by atoms with van der Waals surface area (Å²) in [6, 6.07) is 6.33. The Kier molecular flexibility index (Phi) is 6.04.